The van der Waals surface area contributed by atoms with Gasteiger partial charge in [-0.05, 0) is 41.5 Å². The van der Waals surface area contributed by atoms with Gasteiger partial charge in [-0.2, -0.15) is 0 Å². The van der Waals surface area contributed by atoms with E-state index in [-0.39, 0.29) is 17.1 Å². The molecule has 1 aliphatic rings. The molecule has 0 bridgehead atoms. The number of carboxylic acid groups (broad SMARTS) is 1. The summed E-state index contributed by atoms with van der Waals surface area (Å²) in [5.41, 5.74) is 1.10. The fraction of sp³-hybridized carbons (Fsp3) is 0.111. The summed E-state index contributed by atoms with van der Waals surface area (Å²) in [6.07, 6.45) is 0.486. The van der Waals surface area contributed by atoms with Crippen LogP contribution in [0.3, 0.4) is 0 Å². The van der Waals surface area contributed by atoms with E-state index in [0.29, 0.717) is 11.1 Å². The third-order valence-electron chi connectivity index (χ3n) is 3.81. The molecule has 2 aromatic carbocycles. The van der Waals surface area contributed by atoms with E-state index in [4.69, 9.17) is 4.74 Å². The van der Waals surface area contributed by atoms with Crippen LogP contribution >= 0.6 is 0 Å². The number of phenols is 2. The summed E-state index contributed by atoms with van der Waals surface area (Å²) < 4.78 is 5.25. The number of esters is 1. The van der Waals surface area contributed by atoms with Crippen molar-refractivity contribution in [2.75, 3.05) is 0 Å². The Labute approximate surface area is 137 Å². The molecule has 24 heavy (non-hydrogen) atoms. The number of aromatic hydroxyl groups is 2. The van der Waals surface area contributed by atoms with Crippen LogP contribution in [0.25, 0.3) is 6.08 Å². The fourth-order valence-electron chi connectivity index (χ4n) is 2.63. The summed E-state index contributed by atoms with van der Waals surface area (Å²) in [4.78, 5) is 23.8. The summed E-state index contributed by atoms with van der Waals surface area (Å²) in [6.45, 7) is 0. The van der Waals surface area contributed by atoms with Gasteiger partial charge in [0.25, 0.3) is 0 Å². The molecular weight excluding hydrogens is 312 g/mol. The zero-order chi connectivity index (χ0) is 17.3. The number of benzene rings is 2. The molecule has 6 nitrogen and oxygen atoms in total. The topological polar surface area (TPSA) is 104 Å². The normalized spacial score (nSPS) is 21.7. The Kier molecular flexibility index (Phi) is 3.95. The van der Waals surface area contributed by atoms with Gasteiger partial charge < -0.3 is 20.1 Å². The third kappa shape index (κ3) is 2.94. The lowest BCUT2D eigenvalue weighted by Gasteiger charge is -2.14. The first-order valence-electron chi connectivity index (χ1n) is 7.19. The minimum absolute atomic E-state index is 0.0336. The molecule has 0 radical (unpaired) electrons. The highest BCUT2D eigenvalue weighted by atomic mass is 16.6. The Balaban J connectivity index is 2.00. The van der Waals surface area contributed by atoms with E-state index in [1.807, 2.05) is 0 Å². The predicted octanol–water partition coefficient (Wildman–Crippen LogP) is 2.48. The lowest BCUT2D eigenvalue weighted by atomic mass is 9.90. The van der Waals surface area contributed by atoms with Crippen LogP contribution in [-0.2, 0) is 14.3 Å². The molecule has 1 fully saturated rings. The van der Waals surface area contributed by atoms with E-state index < -0.39 is 24.0 Å². The van der Waals surface area contributed by atoms with Crippen molar-refractivity contribution in [1.29, 1.82) is 0 Å². The summed E-state index contributed by atoms with van der Waals surface area (Å²) in [7, 11) is 0. The molecule has 0 aromatic heterocycles. The Morgan fingerprint density at radius 3 is 2.04 bits per heavy atom. The smallest absolute Gasteiger partial charge is 0.335 e. The van der Waals surface area contributed by atoms with E-state index in [1.165, 1.54) is 42.5 Å². The Morgan fingerprint density at radius 1 is 0.958 bits per heavy atom. The quantitative estimate of drug-likeness (QED) is 0.591. The van der Waals surface area contributed by atoms with Crippen LogP contribution in [0.15, 0.2) is 54.1 Å². The van der Waals surface area contributed by atoms with Crippen LogP contribution < -0.4 is 0 Å². The van der Waals surface area contributed by atoms with Crippen molar-refractivity contribution in [1.82, 2.24) is 0 Å². The molecule has 0 saturated carbocycles. The highest BCUT2D eigenvalue weighted by Gasteiger charge is 2.45. The average molecular weight is 326 g/mol. The third-order valence-corrected chi connectivity index (χ3v) is 3.81. The minimum atomic E-state index is -1.18. The number of aliphatic carboxylic acids is 1. The van der Waals surface area contributed by atoms with Crippen molar-refractivity contribution in [2.45, 2.75) is 6.10 Å². The maximum atomic E-state index is 12.2. The number of hydrogen-bond donors (Lipinski definition) is 3. The van der Waals surface area contributed by atoms with Gasteiger partial charge in [-0.3, -0.25) is 4.79 Å². The first-order chi connectivity index (χ1) is 11.5. The highest BCUT2D eigenvalue weighted by molar-refractivity contribution is 6.02. The van der Waals surface area contributed by atoms with Crippen LogP contribution in [0, 0.1) is 5.92 Å². The lowest BCUT2D eigenvalue weighted by Crippen LogP contribution is -2.19. The van der Waals surface area contributed by atoms with Crippen molar-refractivity contribution >= 4 is 18.0 Å². The maximum Gasteiger partial charge on any atom is 0.335 e. The predicted molar refractivity (Wildman–Crippen MR) is 84.1 cm³/mol. The van der Waals surface area contributed by atoms with Gasteiger partial charge in [0.05, 0.1) is 5.57 Å². The fourth-order valence-corrected chi connectivity index (χ4v) is 2.63. The largest absolute Gasteiger partial charge is 0.508 e. The maximum absolute atomic E-state index is 12.2. The second-order valence-electron chi connectivity index (χ2n) is 5.42. The summed E-state index contributed by atoms with van der Waals surface area (Å²) in [5, 5.41) is 28.2. The van der Waals surface area contributed by atoms with Crippen molar-refractivity contribution in [3.05, 3.63) is 65.2 Å². The van der Waals surface area contributed by atoms with Crippen molar-refractivity contribution in [3.8, 4) is 11.5 Å². The van der Waals surface area contributed by atoms with Gasteiger partial charge in [-0.25, -0.2) is 4.79 Å². The summed E-state index contributed by atoms with van der Waals surface area (Å²) >= 11 is 0. The standard InChI is InChI=1S/C18H14O6/c19-12-5-1-10(2-6-12)9-14-15(17(21)22)16(24-18(14)23)11-3-7-13(20)8-4-11/h1-9,15-16,19-20H,(H,21,22)/t15-,16+/m1/s1. The van der Waals surface area contributed by atoms with E-state index in [2.05, 4.69) is 0 Å². The molecule has 2 aromatic rings. The van der Waals surface area contributed by atoms with Gasteiger partial charge in [0.1, 0.15) is 23.5 Å². The Hall–Kier alpha value is -3.28. The molecule has 0 spiro atoms. The van der Waals surface area contributed by atoms with E-state index in [1.54, 1.807) is 12.1 Å². The molecular formula is C18H14O6. The number of phenolic OH excluding ortho intramolecular Hbond substituents is 2. The van der Waals surface area contributed by atoms with Crippen LogP contribution in [0.2, 0.25) is 0 Å². The molecule has 122 valence electrons. The zero-order valence-corrected chi connectivity index (χ0v) is 12.4. The van der Waals surface area contributed by atoms with E-state index in [9.17, 15) is 24.9 Å². The first kappa shape index (κ1) is 15.6. The van der Waals surface area contributed by atoms with Gasteiger partial charge in [0, 0.05) is 0 Å². The van der Waals surface area contributed by atoms with Gasteiger partial charge in [0.2, 0.25) is 0 Å². The number of rotatable bonds is 3. The lowest BCUT2D eigenvalue weighted by molar-refractivity contribution is -0.144. The van der Waals surface area contributed by atoms with Gasteiger partial charge in [0.15, 0.2) is 0 Å². The van der Waals surface area contributed by atoms with Gasteiger partial charge in [-0.1, -0.05) is 24.3 Å². The molecule has 0 unspecified atom stereocenters. The Bertz CT molecular complexity index is 804. The van der Waals surface area contributed by atoms with Crippen LogP contribution in [0.5, 0.6) is 11.5 Å². The van der Waals surface area contributed by atoms with Crippen LogP contribution in [-0.4, -0.2) is 27.3 Å². The van der Waals surface area contributed by atoms with Gasteiger partial charge in [-0.15, -0.1) is 0 Å². The molecule has 1 heterocycles. The molecule has 1 aliphatic heterocycles. The number of carbonyl (C=O) groups excluding carboxylic acids is 1. The number of carboxylic acids is 1. The number of ether oxygens (including phenoxy) is 1. The summed E-state index contributed by atoms with van der Waals surface area (Å²) in [5.74, 6) is -2.92. The summed E-state index contributed by atoms with van der Waals surface area (Å²) in [6, 6.07) is 11.9. The number of carbonyl (C=O) groups is 2. The number of hydrogen-bond acceptors (Lipinski definition) is 5. The molecule has 2 atom stereocenters. The van der Waals surface area contributed by atoms with Crippen LogP contribution in [0.4, 0.5) is 0 Å². The monoisotopic (exact) mass is 326 g/mol. The molecule has 0 aliphatic carbocycles. The first-order valence-corrected chi connectivity index (χ1v) is 7.19. The van der Waals surface area contributed by atoms with E-state index in [0.717, 1.165) is 0 Å². The van der Waals surface area contributed by atoms with Crippen molar-refractivity contribution in [2.24, 2.45) is 5.92 Å². The van der Waals surface area contributed by atoms with Crippen molar-refractivity contribution in [3.63, 3.8) is 0 Å². The molecule has 0 amide bonds. The van der Waals surface area contributed by atoms with Crippen LogP contribution in [0.1, 0.15) is 17.2 Å². The molecule has 3 rings (SSSR count). The molecule has 3 N–H and O–H groups in total. The second kappa shape index (κ2) is 6.08. The highest BCUT2D eigenvalue weighted by Crippen LogP contribution is 2.40. The average Bonchev–Trinajstić information content (AvgIpc) is 2.87. The zero-order valence-electron chi connectivity index (χ0n) is 12.4. The van der Waals surface area contributed by atoms with Gasteiger partial charge >= 0.3 is 11.9 Å². The molecule has 1 saturated heterocycles. The minimum Gasteiger partial charge on any atom is -0.508 e. The van der Waals surface area contributed by atoms with Crippen molar-refractivity contribution < 1.29 is 29.6 Å². The number of cyclic esters (lactones) is 1. The SMILES string of the molecule is O=C1O[C@@H](c2ccc(O)cc2)[C@H](C(=O)O)C1=Cc1ccc(O)cc1. The Morgan fingerprint density at radius 2 is 1.50 bits per heavy atom. The molecule has 6 heteroatoms. The second-order valence-corrected chi connectivity index (χ2v) is 5.42. The van der Waals surface area contributed by atoms with E-state index >= 15 is 0 Å².